The smallest absolute Gasteiger partial charge is 0.169 e. The topological polar surface area (TPSA) is 65.3 Å². The molecule has 1 aromatic rings. The lowest BCUT2D eigenvalue weighted by atomic mass is 10.1. The molecule has 0 amide bonds. The summed E-state index contributed by atoms with van der Waals surface area (Å²) in [5.74, 6) is 0.738. The lowest BCUT2D eigenvalue weighted by molar-refractivity contribution is 0.0712. The largest absolute Gasteiger partial charge is 0.377 e. The van der Waals surface area contributed by atoms with E-state index in [1.807, 2.05) is 13.8 Å². The van der Waals surface area contributed by atoms with E-state index in [9.17, 15) is 5.26 Å². The van der Waals surface area contributed by atoms with Crippen molar-refractivity contribution in [3.63, 3.8) is 0 Å². The van der Waals surface area contributed by atoms with Gasteiger partial charge in [-0.2, -0.15) is 10.4 Å². The van der Waals surface area contributed by atoms with Gasteiger partial charge < -0.3 is 9.64 Å². The van der Waals surface area contributed by atoms with E-state index in [1.165, 1.54) is 12.8 Å². The molecule has 0 aromatic carbocycles. The Bertz CT molecular complexity index is 569. The minimum atomic E-state index is 0.405. The van der Waals surface area contributed by atoms with E-state index in [0.717, 1.165) is 56.4 Å². The highest BCUT2D eigenvalue weighted by Gasteiger charge is 2.25. The fourth-order valence-corrected chi connectivity index (χ4v) is 3.17. The van der Waals surface area contributed by atoms with E-state index >= 15 is 0 Å². The van der Waals surface area contributed by atoms with Gasteiger partial charge in [0.15, 0.2) is 5.82 Å². The molecule has 2 aliphatic rings. The molecule has 6 nitrogen and oxygen atoms in total. The zero-order chi connectivity index (χ0) is 15.5. The molecule has 1 atom stereocenters. The summed E-state index contributed by atoms with van der Waals surface area (Å²) >= 11 is 0. The number of piperazine rings is 1. The normalized spacial score (nSPS) is 22.8. The number of nitriles is 1. The SMILES string of the molecule is Cc1nnc(N2CCN(C[C@H]3CCCO3)CC2)c(C#N)c1C. The molecule has 0 bridgehead atoms. The van der Waals surface area contributed by atoms with Gasteiger partial charge in [0.2, 0.25) is 0 Å². The molecular weight excluding hydrogens is 278 g/mol. The second kappa shape index (κ2) is 6.59. The van der Waals surface area contributed by atoms with Crippen LogP contribution in [0.5, 0.6) is 0 Å². The Morgan fingerprint density at radius 3 is 2.64 bits per heavy atom. The Labute approximate surface area is 131 Å². The summed E-state index contributed by atoms with van der Waals surface area (Å²) in [4.78, 5) is 4.64. The molecule has 0 spiro atoms. The average Bonchev–Trinajstić information content (AvgIpc) is 3.04. The van der Waals surface area contributed by atoms with Crippen LogP contribution in [-0.2, 0) is 4.74 Å². The molecule has 22 heavy (non-hydrogen) atoms. The van der Waals surface area contributed by atoms with Crippen molar-refractivity contribution in [2.24, 2.45) is 0 Å². The summed E-state index contributed by atoms with van der Waals surface area (Å²) in [7, 11) is 0. The third-order valence-electron chi connectivity index (χ3n) is 4.71. The summed E-state index contributed by atoms with van der Waals surface area (Å²) in [6, 6.07) is 2.29. The van der Waals surface area contributed by atoms with Crippen molar-refractivity contribution < 1.29 is 4.74 Å². The van der Waals surface area contributed by atoms with Crippen LogP contribution in [0.15, 0.2) is 0 Å². The summed E-state index contributed by atoms with van der Waals surface area (Å²) in [6.45, 7) is 9.52. The Hall–Kier alpha value is -1.71. The molecule has 6 heteroatoms. The molecule has 0 saturated carbocycles. The quantitative estimate of drug-likeness (QED) is 0.837. The van der Waals surface area contributed by atoms with E-state index in [1.54, 1.807) is 0 Å². The molecule has 0 aliphatic carbocycles. The van der Waals surface area contributed by atoms with Crippen LogP contribution in [0.1, 0.15) is 29.7 Å². The molecule has 1 aromatic heterocycles. The van der Waals surface area contributed by atoms with E-state index in [2.05, 4.69) is 26.1 Å². The van der Waals surface area contributed by atoms with E-state index in [-0.39, 0.29) is 0 Å². The van der Waals surface area contributed by atoms with Crippen molar-refractivity contribution >= 4 is 5.82 Å². The second-order valence-corrected chi connectivity index (χ2v) is 6.14. The van der Waals surface area contributed by atoms with Gasteiger partial charge in [0.1, 0.15) is 11.6 Å². The predicted molar refractivity (Wildman–Crippen MR) is 83.8 cm³/mol. The maximum absolute atomic E-state index is 9.42. The highest BCUT2D eigenvalue weighted by Crippen LogP contribution is 2.23. The average molecular weight is 301 g/mol. The number of anilines is 1. The van der Waals surface area contributed by atoms with Crippen molar-refractivity contribution in [1.82, 2.24) is 15.1 Å². The van der Waals surface area contributed by atoms with Crippen molar-refractivity contribution in [2.75, 3.05) is 44.2 Å². The second-order valence-electron chi connectivity index (χ2n) is 6.14. The Balaban J connectivity index is 1.64. The van der Waals surface area contributed by atoms with Crippen molar-refractivity contribution in [2.45, 2.75) is 32.8 Å². The highest BCUT2D eigenvalue weighted by molar-refractivity contribution is 5.57. The summed E-state index contributed by atoms with van der Waals surface area (Å²) < 4.78 is 5.71. The van der Waals surface area contributed by atoms with Gasteiger partial charge in [0, 0.05) is 39.3 Å². The molecule has 2 aliphatic heterocycles. The first kappa shape index (κ1) is 15.2. The molecular formula is C16H23N5O. The molecule has 0 radical (unpaired) electrons. The highest BCUT2D eigenvalue weighted by atomic mass is 16.5. The van der Waals surface area contributed by atoms with Gasteiger partial charge in [-0.1, -0.05) is 0 Å². The lowest BCUT2D eigenvalue weighted by Crippen LogP contribution is -2.49. The number of aromatic nitrogens is 2. The number of rotatable bonds is 3. The molecule has 118 valence electrons. The monoisotopic (exact) mass is 301 g/mol. The van der Waals surface area contributed by atoms with Crippen molar-refractivity contribution in [1.29, 1.82) is 5.26 Å². The standard InChI is InChI=1S/C16H23N5O/c1-12-13(2)18-19-16(15(12)10-17)21-7-5-20(6-8-21)11-14-4-3-9-22-14/h14H,3-9,11H2,1-2H3/t14-/m1/s1. The van der Waals surface area contributed by atoms with E-state index < -0.39 is 0 Å². The van der Waals surface area contributed by atoms with Gasteiger partial charge in [0.25, 0.3) is 0 Å². The molecule has 0 N–H and O–H groups in total. The minimum Gasteiger partial charge on any atom is -0.377 e. The molecule has 2 saturated heterocycles. The fraction of sp³-hybridized carbons (Fsp3) is 0.688. The van der Waals surface area contributed by atoms with E-state index in [0.29, 0.717) is 11.7 Å². The zero-order valence-corrected chi connectivity index (χ0v) is 13.4. The van der Waals surface area contributed by atoms with Gasteiger partial charge in [0.05, 0.1) is 11.8 Å². The van der Waals surface area contributed by atoms with Gasteiger partial charge in [-0.15, -0.1) is 5.10 Å². The first-order valence-corrected chi connectivity index (χ1v) is 8.02. The van der Waals surface area contributed by atoms with Crippen LogP contribution in [0.4, 0.5) is 5.82 Å². The van der Waals surface area contributed by atoms with Crippen LogP contribution in [-0.4, -0.2) is 60.5 Å². The Kier molecular flexibility index (Phi) is 4.55. The maximum Gasteiger partial charge on any atom is 0.169 e. The van der Waals surface area contributed by atoms with Gasteiger partial charge in [-0.25, -0.2) is 0 Å². The number of hydrogen-bond donors (Lipinski definition) is 0. The molecule has 0 unspecified atom stereocenters. The van der Waals surface area contributed by atoms with Crippen LogP contribution in [0, 0.1) is 25.2 Å². The van der Waals surface area contributed by atoms with Crippen LogP contribution in [0.25, 0.3) is 0 Å². The van der Waals surface area contributed by atoms with Crippen LogP contribution < -0.4 is 4.90 Å². The third-order valence-corrected chi connectivity index (χ3v) is 4.71. The van der Waals surface area contributed by atoms with Crippen molar-refractivity contribution in [3.05, 3.63) is 16.8 Å². The Morgan fingerprint density at radius 2 is 2.00 bits per heavy atom. The van der Waals surface area contributed by atoms with Crippen LogP contribution in [0.2, 0.25) is 0 Å². The van der Waals surface area contributed by atoms with Gasteiger partial charge in [-0.3, -0.25) is 4.90 Å². The molecule has 2 fully saturated rings. The number of nitrogens with zero attached hydrogens (tertiary/aromatic N) is 5. The zero-order valence-electron chi connectivity index (χ0n) is 13.4. The van der Waals surface area contributed by atoms with E-state index in [4.69, 9.17) is 4.74 Å². The summed E-state index contributed by atoms with van der Waals surface area (Å²) in [5.41, 5.74) is 2.44. The van der Waals surface area contributed by atoms with Crippen molar-refractivity contribution in [3.8, 4) is 6.07 Å². The predicted octanol–water partition coefficient (Wildman–Crippen LogP) is 1.27. The molecule has 3 heterocycles. The van der Waals surface area contributed by atoms with Gasteiger partial charge >= 0.3 is 0 Å². The van der Waals surface area contributed by atoms with Crippen LogP contribution >= 0.6 is 0 Å². The third kappa shape index (κ3) is 3.06. The summed E-state index contributed by atoms with van der Waals surface area (Å²) in [5, 5.41) is 17.9. The molecule has 3 rings (SSSR count). The maximum atomic E-state index is 9.42. The fourth-order valence-electron chi connectivity index (χ4n) is 3.17. The first-order chi connectivity index (χ1) is 10.7. The number of aryl methyl sites for hydroxylation is 1. The van der Waals surface area contributed by atoms with Gasteiger partial charge in [-0.05, 0) is 32.3 Å². The Morgan fingerprint density at radius 1 is 1.23 bits per heavy atom. The first-order valence-electron chi connectivity index (χ1n) is 8.02. The lowest BCUT2D eigenvalue weighted by Gasteiger charge is -2.36. The number of hydrogen-bond acceptors (Lipinski definition) is 6. The minimum absolute atomic E-state index is 0.405. The number of ether oxygens (including phenoxy) is 1. The van der Waals surface area contributed by atoms with Crippen LogP contribution in [0.3, 0.4) is 0 Å². The summed E-state index contributed by atoms with van der Waals surface area (Å²) in [6.07, 6.45) is 2.78.